The van der Waals surface area contributed by atoms with Crippen LogP contribution in [0, 0.1) is 19.8 Å². The first kappa shape index (κ1) is 23.8. The number of rotatable bonds is 4. The lowest BCUT2D eigenvalue weighted by Gasteiger charge is -2.56. The molecule has 3 aromatic carbocycles. The fourth-order valence-corrected chi connectivity index (χ4v) is 5.98. The summed E-state index contributed by atoms with van der Waals surface area (Å²) in [6.45, 7) is 8.13. The molecule has 5 nitrogen and oxygen atoms in total. The van der Waals surface area contributed by atoms with Crippen LogP contribution in [0.25, 0.3) is 0 Å². The number of fused-ring (bicyclic) bond motifs is 4. The molecule has 2 aliphatic rings. The highest BCUT2D eigenvalue weighted by molar-refractivity contribution is 9.10. The van der Waals surface area contributed by atoms with Gasteiger partial charge in [0.05, 0.1) is 6.04 Å². The molecule has 0 spiro atoms. The van der Waals surface area contributed by atoms with Crippen LogP contribution in [0.2, 0.25) is 0 Å². The number of hydrogen-bond donors (Lipinski definition) is 2. The molecule has 1 fully saturated rings. The minimum atomic E-state index is -1.04. The zero-order chi connectivity index (χ0) is 24.9. The lowest BCUT2D eigenvalue weighted by atomic mass is 9.78. The number of benzene rings is 3. The summed E-state index contributed by atoms with van der Waals surface area (Å²) < 4.78 is 7.60. The van der Waals surface area contributed by atoms with Crippen molar-refractivity contribution in [2.75, 3.05) is 10.2 Å². The predicted molar refractivity (Wildman–Crippen MR) is 148 cm³/mol. The van der Waals surface area contributed by atoms with E-state index >= 15 is 0 Å². The third kappa shape index (κ3) is 4.10. The van der Waals surface area contributed by atoms with Crippen LogP contribution in [0.1, 0.15) is 42.1 Å². The standard InChI is InChI=1S/C28H28BrN3O2S/c1-5-18-7-10-20(11-8-18)32-27(35)31-25-21-15-19(29)9-13-23(21)34-28(32,4)24(25)26(33)30-22-12-6-16(2)14-17(22)3/h6-15,24-25H,5H2,1-4H3,(H,30,33)(H,31,35)/t24-,25+,28+/m1/s1. The third-order valence-corrected chi connectivity index (χ3v) is 7.78. The van der Waals surface area contributed by atoms with Gasteiger partial charge in [-0.2, -0.15) is 0 Å². The van der Waals surface area contributed by atoms with Crippen molar-refractivity contribution in [3.8, 4) is 5.75 Å². The number of amides is 1. The van der Waals surface area contributed by atoms with E-state index in [-0.39, 0.29) is 11.9 Å². The smallest absolute Gasteiger partial charge is 0.236 e. The predicted octanol–water partition coefficient (Wildman–Crippen LogP) is 6.43. The summed E-state index contributed by atoms with van der Waals surface area (Å²) >= 11 is 9.42. The summed E-state index contributed by atoms with van der Waals surface area (Å²) in [7, 11) is 0. The van der Waals surface area contributed by atoms with Gasteiger partial charge in [0, 0.05) is 21.4 Å². The van der Waals surface area contributed by atoms with E-state index < -0.39 is 11.6 Å². The van der Waals surface area contributed by atoms with Crippen molar-refractivity contribution in [2.45, 2.75) is 45.9 Å². The van der Waals surface area contributed by atoms with E-state index in [1.807, 2.05) is 68.1 Å². The third-order valence-electron chi connectivity index (χ3n) is 6.98. The minimum absolute atomic E-state index is 0.125. The molecule has 2 bridgehead atoms. The number of nitrogens with one attached hydrogen (secondary N) is 2. The molecular formula is C28H28BrN3O2S. The molecule has 3 aromatic rings. The highest BCUT2D eigenvalue weighted by Crippen LogP contribution is 2.50. The molecule has 5 rings (SSSR count). The molecule has 7 heteroatoms. The summed E-state index contributed by atoms with van der Waals surface area (Å²) in [5, 5.41) is 7.17. The van der Waals surface area contributed by atoms with Gasteiger partial charge in [0.25, 0.3) is 0 Å². The normalized spacial score (nSPS) is 22.7. The molecule has 2 N–H and O–H groups in total. The molecule has 0 aromatic heterocycles. The Kier molecular flexibility index (Phi) is 6.09. The molecule has 0 unspecified atom stereocenters. The van der Waals surface area contributed by atoms with Gasteiger partial charge in [-0.25, -0.2) is 0 Å². The van der Waals surface area contributed by atoms with Crippen LogP contribution in [-0.2, 0) is 11.2 Å². The van der Waals surface area contributed by atoms with Gasteiger partial charge in [-0.3, -0.25) is 9.69 Å². The summed E-state index contributed by atoms with van der Waals surface area (Å²) in [5.41, 5.74) is 4.94. The highest BCUT2D eigenvalue weighted by atomic mass is 79.9. The zero-order valence-electron chi connectivity index (χ0n) is 20.2. The Hall–Kier alpha value is -2.90. The fraction of sp³-hybridized carbons (Fsp3) is 0.286. The molecule has 0 saturated carbocycles. The maximum absolute atomic E-state index is 14.0. The molecule has 3 atom stereocenters. The van der Waals surface area contributed by atoms with Crippen LogP contribution in [-0.4, -0.2) is 16.7 Å². The van der Waals surface area contributed by atoms with Crippen LogP contribution in [0.15, 0.2) is 65.1 Å². The number of carbonyl (C=O) groups is 1. The number of aryl methyl sites for hydroxylation is 3. The Morgan fingerprint density at radius 1 is 1.14 bits per heavy atom. The molecule has 2 heterocycles. The number of nitrogens with zero attached hydrogens (tertiary/aromatic N) is 1. The van der Waals surface area contributed by atoms with Crippen molar-refractivity contribution < 1.29 is 9.53 Å². The van der Waals surface area contributed by atoms with Gasteiger partial charge in [0.15, 0.2) is 10.8 Å². The summed E-state index contributed by atoms with van der Waals surface area (Å²) in [5.74, 6) is 0.0317. The van der Waals surface area contributed by atoms with E-state index in [1.165, 1.54) is 5.56 Å². The van der Waals surface area contributed by atoms with Crippen LogP contribution >= 0.6 is 28.1 Å². The summed E-state index contributed by atoms with van der Waals surface area (Å²) in [4.78, 5) is 15.9. The number of thiocarbonyl (C=S) groups is 1. The molecule has 1 amide bonds. The number of ether oxygens (including phenoxy) is 1. The Morgan fingerprint density at radius 3 is 2.57 bits per heavy atom. The molecule has 35 heavy (non-hydrogen) atoms. The second kappa shape index (κ2) is 8.95. The molecule has 0 aliphatic carbocycles. The van der Waals surface area contributed by atoms with Gasteiger partial charge >= 0.3 is 0 Å². The maximum atomic E-state index is 14.0. The highest BCUT2D eigenvalue weighted by Gasteiger charge is 2.59. The van der Waals surface area contributed by atoms with Crippen molar-refractivity contribution in [1.29, 1.82) is 0 Å². The molecule has 1 saturated heterocycles. The maximum Gasteiger partial charge on any atom is 0.236 e. The monoisotopic (exact) mass is 549 g/mol. The number of hydrogen-bond acceptors (Lipinski definition) is 3. The Labute approximate surface area is 220 Å². The Balaban J connectivity index is 1.61. The first-order valence-electron chi connectivity index (χ1n) is 11.8. The van der Waals surface area contributed by atoms with E-state index in [0.29, 0.717) is 5.11 Å². The van der Waals surface area contributed by atoms with Crippen LogP contribution < -0.4 is 20.3 Å². The average Bonchev–Trinajstić information content (AvgIpc) is 2.81. The van der Waals surface area contributed by atoms with Crippen LogP contribution in [0.3, 0.4) is 0 Å². The largest absolute Gasteiger partial charge is 0.467 e. The first-order valence-corrected chi connectivity index (χ1v) is 13.0. The van der Waals surface area contributed by atoms with Gasteiger partial charge in [0.1, 0.15) is 11.7 Å². The Morgan fingerprint density at radius 2 is 1.89 bits per heavy atom. The van der Waals surface area contributed by atoms with E-state index in [4.69, 9.17) is 17.0 Å². The molecule has 180 valence electrons. The summed E-state index contributed by atoms with van der Waals surface area (Å²) in [6.07, 6.45) is 0.946. The van der Waals surface area contributed by atoms with E-state index in [0.717, 1.165) is 44.7 Å². The molecule has 0 radical (unpaired) electrons. The minimum Gasteiger partial charge on any atom is -0.467 e. The van der Waals surface area contributed by atoms with Gasteiger partial charge in [0.2, 0.25) is 5.91 Å². The van der Waals surface area contributed by atoms with Gasteiger partial charge in [-0.15, -0.1) is 0 Å². The van der Waals surface area contributed by atoms with Gasteiger partial charge in [-0.05, 0) is 86.9 Å². The average molecular weight is 551 g/mol. The summed E-state index contributed by atoms with van der Waals surface area (Å²) in [6, 6.07) is 19.8. The van der Waals surface area contributed by atoms with Crippen molar-refractivity contribution >= 4 is 50.5 Å². The quantitative estimate of drug-likeness (QED) is 0.367. The molecular weight excluding hydrogens is 522 g/mol. The number of halogens is 1. The second-order valence-corrected chi connectivity index (χ2v) is 10.7. The van der Waals surface area contributed by atoms with E-state index in [2.05, 4.69) is 51.7 Å². The van der Waals surface area contributed by atoms with Gasteiger partial charge < -0.3 is 15.4 Å². The van der Waals surface area contributed by atoms with E-state index in [1.54, 1.807) is 0 Å². The fourth-order valence-electron chi connectivity index (χ4n) is 5.19. The topological polar surface area (TPSA) is 53.6 Å². The van der Waals surface area contributed by atoms with Crippen molar-refractivity contribution in [1.82, 2.24) is 5.32 Å². The molecule has 2 aliphatic heterocycles. The Bertz CT molecular complexity index is 1330. The van der Waals surface area contributed by atoms with Crippen molar-refractivity contribution in [3.63, 3.8) is 0 Å². The lowest BCUT2D eigenvalue weighted by Crippen LogP contribution is -2.72. The van der Waals surface area contributed by atoms with Gasteiger partial charge in [-0.1, -0.05) is 52.7 Å². The lowest BCUT2D eigenvalue weighted by molar-refractivity contribution is -0.130. The second-order valence-electron chi connectivity index (χ2n) is 9.41. The SMILES string of the molecule is CCc1ccc(N2C(=S)N[C@H]3c4cc(Br)ccc4O[C@@]2(C)[C@H]3C(=O)Nc2ccc(C)cc2C)cc1. The van der Waals surface area contributed by atoms with E-state index in [9.17, 15) is 4.79 Å². The zero-order valence-corrected chi connectivity index (χ0v) is 22.6. The first-order chi connectivity index (χ1) is 16.7. The van der Waals surface area contributed by atoms with Crippen LogP contribution in [0.5, 0.6) is 5.75 Å². The number of carbonyl (C=O) groups excluding carboxylic acids is 1. The van der Waals surface area contributed by atoms with Crippen molar-refractivity contribution in [3.05, 3.63) is 87.4 Å². The van der Waals surface area contributed by atoms with Crippen LogP contribution in [0.4, 0.5) is 11.4 Å². The van der Waals surface area contributed by atoms with Crippen molar-refractivity contribution in [2.24, 2.45) is 5.92 Å². The number of anilines is 2.